The van der Waals surface area contributed by atoms with Crippen LogP contribution in [0.3, 0.4) is 0 Å². The van der Waals surface area contributed by atoms with Crippen LogP contribution >= 0.6 is 24.8 Å². The first kappa shape index (κ1) is 47.1. The van der Waals surface area contributed by atoms with E-state index in [1.54, 1.807) is 41.5 Å². The first-order chi connectivity index (χ1) is 16.5. The van der Waals surface area contributed by atoms with E-state index in [9.17, 15) is 19.2 Å². The molecule has 0 heterocycles. The number of halogens is 2. The molecule has 2 atom stereocenters. The van der Waals surface area contributed by atoms with E-state index in [1.165, 1.54) is 0 Å². The van der Waals surface area contributed by atoms with Crippen molar-refractivity contribution < 1.29 is 28.7 Å². The lowest BCUT2D eigenvalue weighted by molar-refractivity contribution is -0.156. The van der Waals surface area contributed by atoms with Crippen molar-refractivity contribution in [2.24, 2.45) is 22.9 Å². The van der Waals surface area contributed by atoms with Crippen molar-refractivity contribution in [3.05, 3.63) is 0 Å². The molecule has 0 aromatic heterocycles. The van der Waals surface area contributed by atoms with Crippen LogP contribution in [0.5, 0.6) is 0 Å². The molecular formula is C26H57Cl2N5O6. The number of rotatable bonds is 11. The Bertz CT molecular complexity index is 639. The third kappa shape index (κ3) is 32.5. The molecule has 13 heteroatoms. The van der Waals surface area contributed by atoms with Gasteiger partial charge >= 0.3 is 11.9 Å². The molecule has 0 saturated carbocycles. The van der Waals surface area contributed by atoms with Crippen LogP contribution in [-0.4, -0.2) is 70.6 Å². The maximum atomic E-state index is 11.2. The number of hydrogen-bond acceptors (Lipinski definition) is 9. The van der Waals surface area contributed by atoms with Crippen LogP contribution in [0.1, 0.15) is 102 Å². The summed E-state index contributed by atoms with van der Waals surface area (Å²) in [7, 11) is 0. The van der Waals surface area contributed by atoms with Crippen molar-refractivity contribution in [3.63, 3.8) is 0 Å². The van der Waals surface area contributed by atoms with E-state index in [0.717, 1.165) is 6.54 Å². The third-order valence-electron chi connectivity index (χ3n) is 4.58. The molecule has 8 N–H and O–H groups in total. The van der Waals surface area contributed by atoms with Gasteiger partial charge in [-0.2, -0.15) is 0 Å². The summed E-state index contributed by atoms with van der Waals surface area (Å²) < 4.78 is 10.0. The van der Waals surface area contributed by atoms with Gasteiger partial charge in [-0.25, -0.2) is 0 Å². The standard InChI is InChI=1S/2C9H18N2O3.C8H19N.2ClH/c2*1-9(2,3)14-7(12)5-4-6(10)8(11)13;1-6-9(7(2)3)8(4)5;;/h2*6H,4-5,10H2,1-3H3,(H2,11,13);7-8H,6H2,1-5H3;2*1H/t2*6-;;;/m00.../s1. The van der Waals surface area contributed by atoms with Gasteiger partial charge in [0.05, 0.1) is 12.1 Å². The summed E-state index contributed by atoms with van der Waals surface area (Å²) >= 11 is 0. The topological polar surface area (TPSA) is 194 Å². The van der Waals surface area contributed by atoms with Gasteiger partial charge in [-0.3, -0.25) is 24.1 Å². The monoisotopic (exact) mass is 605 g/mol. The summed E-state index contributed by atoms with van der Waals surface area (Å²) in [6.45, 7) is 23.0. The van der Waals surface area contributed by atoms with Crippen LogP contribution in [0, 0.1) is 0 Å². The minimum atomic E-state index is -0.775. The highest BCUT2D eigenvalue weighted by molar-refractivity contribution is 5.85. The maximum Gasteiger partial charge on any atom is 0.306 e. The molecule has 11 nitrogen and oxygen atoms in total. The van der Waals surface area contributed by atoms with Gasteiger partial charge < -0.3 is 32.4 Å². The van der Waals surface area contributed by atoms with Gasteiger partial charge in [0.2, 0.25) is 11.8 Å². The van der Waals surface area contributed by atoms with Crippen molar-refractivity contribution >= 4 is 48.6 Å². The second-order valence-corrected chi connectivity index (χ2v) is 11.3. The average molecular weight is 607 g/mol. The molecule has 0 bridgehead atoms. The Kier molecular flexibility index (Phi) is 27.9. The number of hydrogen-bond donors (Lipinski definition) is 4. The Labute approximate surface area is 248 Å². The Morgan fingerprint density at radius 3 is 1.05 bits per heavy atom. The molecule has 0 aliphatic heterocycles. The first-order valence-corrected chi connectivity index (χ1v) is 12.8. The van der Waals surface area contributed by atoms with Gasteiger partial charge in [0.25, 0.3) is 0 Å². The van der Waals surface area contributed by atoms with Crippen LogP contribution in [0.25, 0.3) is 0 Å². The van der Waals surface area contributed by atoms with Crippen molar-refractivity contribution in [1.29, 1.82) is 0 Å². The largest absolute Gasteiger partial charge is 0.460 e. The molecule has 0 saturated heterocycles. The zero-order valence-corrected chi connectivity index (χ0v) is 27.5. The predicted octanol–water partition coefficient (Wildman–Crippen LogP) is 2.81. The van der Waals surface area contributed by atoms with Crippen LogP contribution in [0.2, 0.25) is 0 Å². The van der Waals surface area contributed by atoms with E-state index >= 15 is 0 Å². The lowest BCUT2D eigenvalue weighted by atomic mass is 10.1. The van der Waals surface area contributed by atoms with Gasteiger partial charge in [0.15, 0.2) is 0 Å². The zero-order valence-electron chi connectivity index (χ0n) is 25.9. The third-order valence-corrected chi connectivity index (χ3v) is 4.58. The molecule has 0 aliphatic rings. The molecule has 2 amide bonds. The predicted molar refractivity (Wildman–Crippen MR) is 162 cm³/mol. The van der Waals surface area contributed by atoms with Gasteiger partial charge in [0, 0.05) is 24.9 Å². The molecule has 0 spiro atoms. The molecule has 0 fully saturated rings. The molecule has 39 heavy (non-hydrogen) atoms. The van der Waals surface area contributed by atoms with Crippen molar-refractivity contribution in [1.82, 2.24) is 4.90 Å². The number of carbonyl (C=O) groups excluding carboxylic acids is 4. The summed E-state index contributed by atoms with van der Waals surface area (Å²) in [6, 6.07) is -0.171. The van der Waals surface area contributed by atoms with Crippen molar-refractivity contribution in [2.75, 3.05) is 6.54 Å². The summed E-state index contributed by atoms with van der Waals surface area (Å²) in [5, 5.41) is 0. The Morgan fingerprint density at radius 2 is 0.923 bits per heavy atom. The highest BCUT2D eigenvalue weighted by Gasteiger charge is 2.19. The molecule has 0 aliphatic carbocycles. The van der Waals surface area contributed by atoms with Crippen LogP contribution in [0.15, 0.2) is 0 Å². The minimum absolute atomic E-state index is 0. The lowest BCUT2D eigenvalue weighted by Gasteiger charge is -2.28. The summed E-state index contributed by atoms with van der Waals surface area (Å²) in [5.41, 5.74) is 19.5. The van der Waals surface area contributed by atoms with Crippen molar-refractivity contribution in [2.45, 2.75) is 137 Å². The number of carbonyl (C=O) groups is 4. The smallest absolute Gasteiger partial charge is 0.306 e. The van der Waals surface area contributed by atoms with E-state index in [1.807, 2.05) is 0 Å². The van der Waals surface area contributed by atoms with Crippen LogP contribution in [0.4, 0.5) is 0 Å². The van der Waals surface area contributed by atoms with E-state index in [0.29, 0.717) is 12.1 Å². The molecule has 0 aromatic carbocycles. The Hall–Kier alpha value is -1.66. The fourth-order valence-corrected chi connectivity index (χ4v) is 2.94. The first-order valence-electron chi connectivity index (χ1n) is 12.8. The summed E-state index contributed by atoms with van der Waals surface area (Å²) in [4.78, 5) is 45.9. The molecule has 0 radical (unpaired) electrons. The number of ether oxygens (including phenoxy) is 2. The molecule has 0 unspecified atom stereocenters. The Morgan fingerprint density at radius 1 is 0.667 bits per heavy atom. The molecule has 236 valence electrons. The fourth-order valence-electron chi connectivity index (χ4n) is 2.94. The van der Waals surface area contributed by atoms with Gasteiger partial charge in [-0.15, -0.1) is 24.8 Å². The van der Waals surface area contributed by atoms with Gasteiger partial charge in [-0.05, 0) is 88.6 Å². The maximum absolute atomic E-state index is 11.2. The van der Waals surface area contributed by atoms with E-state index in [4.69, 9.17) is 32.4 Å². The number of amides is 2. The number of primary amides is 2. The molecular weight excluding hydrogens is 549 g/mol. The second-order valence-electron chi connectivity index (χ2n) is 11.3. The number of nitrogens with two attached hydrogens (primary N) is 4. The normalized spacial score (nSPS) is 12.4. The van der Waals surface area contributed by atoms with Crippen LogP contribution in [-0.2, 0) is 28.7 Å². The second kappa shape index (κ2) is 23.1. The van der Waals surface area contributed by atoms with Gasteiger partial charge in [-0.1, -0.05) is 6.92 Å². The minimum Gasteiger partial charge on any atom is -0.460 e. The SMILES string of the molecule is CC(C)(C)OC(=O)CC[C@H](N)C(N)=O.CC(C)(C)OC(=O)CC[C@H](N)C(N)=O.CCN(C(C)C)C(C)C.Cl.Cl. The van der Waals surface area contributed by atoms with E-state index < -0.39 is 35.1 Å². The molecule has 0 rings (SSSR count). The van der Waals surface area contributed by atoms with E-state index in [-0.39, 0.29) is 62.4 Å². The Balaban J connectivity index is -0.000000148. The quantitative estimate of drug-likeness (QED) is 0.256. The lowest BCUT2D eigenvalue weighted by Crippen LogP contribution is -2.37. The van der Waals surface area contributed by atoms with Crippen LogP contribution < -0.4 is 22.9 Å². The fraction of sp³-hybridized carbons (Fsp3) is 0.846. The highest BCUT2D eigenvalue weighted by Crippen LogP contribution is 2.10. The molecule has 0 aromatic rings. The summed E-state index contributed by atoms with van der Waals surface area (Å²) in [5.74, 6) is -1.94. The average Bonchev–Trinajstić information content (AvgIpc) is 2.68. The number of nitrogens with zero attached hydrogens (tertiary/aromatic N) is 1. The highest BCUT2D eigenvalue weighted by atomic mass is 35.5. The van der Waals surface area contributed by atoms with Gasteiger partial charge in [0.1, 0.15) is 11.2 Å². The number of esters is 2. The summed E-state index contributed by atoms with van der Waals surface area (Å²) in [6.07, 6.45) is 0.678. The van der Waals surface area contributed by atoms with E-state index in [2.05, 4.69) is 39.5 Å². The zero-order chi connectivity index (χ0) is 30.1. The van der Waals surface area contributed by atoms with Crippen molar-refractivity contribution in [3.8, 4) is 0 Å².